The lowest BCUT2D eigenvalue weighted by molar-refractivity contribution is -0.110. The minimum atomic E-state index is -0.130. The summed E-state index contributed by atoms with van der Waals surface area (Å²) >= 11 is 13.1. The smallest absolute Gasteiger partial charge is 0.186 e. The van der Waals surface area contributed by atoms with Crippen LogP contribution in [0.25, 0.3) is 0 Å². The molecule has 0 radical (unpaired) electrons. The number of rotatable bonds is 4. The fourth-order valence-electron chi connectivity index (χ4n) is 1.45. The molecule has 0 unspecified atom stereocenters. The Morgan fingerprint density at radius 1 is 1.10 bits per heavy atom. The number of nitrogens with one attached hydrogen (secondary N) is 1. The van der Waals surface area contributed by atoms with E-state index in [0.717, 1.165) is 4.90 Å². The molecule has 0 amide bonds. The van der Waals surface area contributed by atoms with Crippen molar-refractivity contribution < 1.29 is 4.79 Å². The number of benzene rings is 2. The molecular formula is C15H12Cl2N2OS. The molecule has 0 spiro atoms. The Bertz CT molecular complexity index is 672. The summed E-state index contributed by atoms with van der Waals surface area (Å²) in [6, 6.07) is 14.4. The molecule has 108 valence electrons. The van der Waals surface area contributed by atoms with Crippen molar-refractivity contribution in [2.24, 2.45) is 5.10 Å². The Labute approximate surface area is 137 Å². The zero-order chi connectivity index (χ0) is 15.2. The number of nitrogens with zero attached hydrogens (tertiary/aromatic N) is 1. The summed E-state index contributed by atoms with van der Waals surface area (Å²) in [5, 5.41) is 5.67. The molecule has 0 aliphatic carbocycles. The van der Waals surface area contributed by atoms with Gasteiger partial charge >= 0.3 is 0 Å². The third-order valence-corrected chi connectivity index (χ3v) is 4.14. The van der Waals surface area contributed by atoms with E-state index in [9.17, 15) is 4.79 Å². The molecule has 1 N–H and O–H groups in total. The second kappa shape index (κ2) is 7.50. The molecule has 0 atom stereocenters. The lowest BCUT2D eigenvalue weighted by atomic mass is 10.3. The van der Waals surface area contributed by atoms with Gasteiger partial charge in [-0.05, 0) is 36.4 Å². The Kier molecular flexibility index (Phi) is 5.67. The standard InChI is InChI=1S/C15H12Cl2N2OS/c1-10(20)15(21-12-8-6-11(16)7-9-12)19-18-14-5-3-2-4-13(14)17/h2-9,18H,1H3/b19-15+. The highest BCUT2D eigenvalue weighted by molar-refractivity contribution is 8.15. The molecule has 0 saturated carbocycles. The molecule has 2 aromatic rings. The van der Waals surface area contributed by atoms with Crippen molar-refractivity contribution in [2.45, 2.75) is 11.8 Å². The van der Waals surface area contributed by atoms with Gasteiger partial charge in [-0.2, -0.15) is 5.10 Å². The van der Waals surface area contributed by atoms with E-state index in [1.807, 2.05) is 24.3 Å². The predicted octanol–water partition coefficient (Wildman–Crippen LogP) is 5.10. The number of hydrogen-bond acceptors (Lipinski definition) is 4. The summed E-state index contributed by atoms with van der Waals surface area (Å²) in [4.78, 5) is 12.6. The molecule has 6 heteroatoms. The van der Waals surface area contributed by atoms with Crippen molar-refractivity contribution in [1.82, 2.24) is 0 Å². The van der Waals surface area contributed by atoms with E-state index in [0.29, 0.717) is 20.8 Å². The lowest BCUT2D eigenvalue weighted by Gasteiger charge is -2.06. The maximum atomic E-state index is 11.7. The number of carbonyl (C=O) groups excluding carboxylic acids is 1. The molecule has 21 heavy (non-hydrogen) atoms. The molecular weight excluding hydrogens is 327 g/mol. The average molecular weight is 339 g/mol. The van der Waals surface area contributed by atoms with E-state index < -0.39 is 0 Å². The van der Waals surface area contributed by atoms with Crippen molar-refractivity contribution in [1.29, 1.82) is 0 Å². The lowest BCUT2D eigenvalue weighted by Crippen LogP contribution is -2.08. The first-order chi connectivity index (χ1) is 10.1. The monoisotopic (exact) mass is 338 g/mol. The highest BCUT2D eigenvalue weighted by Gasteiger charge is 2.09. The average Bonchev–Trinajstić information content (AvgIpc) is 2.46. The van der Waals surface area contributed by atoms with Crippen LogP contribution in [0.1, 0.15) is 6.92 Å². The Morgan fingerprint density at radius 3 is 2.38 bits per heavy atom. The maximum absolute atomic E-state index is 11.7. The number of para-hydroxylation sites is 1. The first-order valence-corrected chi connectivity index (χ1v) is 7.66. The topological polar surface area (TPSA) is 41.5 Å². The molecule has 2 aromatic carbocycles. The van der Waals surface area contributed by atoms with Gasteiger partial charge in [0.25, 0.3) is 0 Å². The molecule has 0 saturated heterocycles. The van der Waals surface area contributed by atoms with Crippen LogP contribution < -0.4 is 5.43 Å². The van der Waals surface area contributed by atoms with E-state index in [1.165, 1.54) is 18.7 Å². The van der Waals surface area contributed by atoms with Crippen molar-refractivity contribution in [3.05, 3.63) is 58.6 Å². The number of ketones is 1. The largest absolute Gasteiger partial charge is 0.292 e. The summed E-state index contributed by atoms with van der Waals surface area (Å²) in [6.45, 7) is 1.47. The summed E-state index contributed by atoms with van der Waals surface area (Å²) in [7, 11) is 0. The summed E-state index contributed by atoms with van der Waals surface area (Å²) in [6.07, 6.45) is 0. The van der Waals surface area contributed by atoms with Crippen LogP contribution in [0.4, 0.5) is 5.69 Å². The van der Waals surface area contributed by atoms with Gasteiger partial charge in [-0.3, -0.25) is 10.2 Å². The summed E-state index contributed by atoms with van der Waals surface area (Å²) in [5.41, 5.74) is 3.46. The highest BCUT2D eigenvalue weighted by atomic mass is 35.5. The molecule has 0 aromatic heterocycles. The van der Waals surface area contributed by atoms with Gasteiger partial charge in [0.15, 0.2) is 10.8 Å². The maximum Gasteiger partial charge on any atom is 0.186 e. The number of hydrogen-bond donors (Lipinski definition) is 1. The van der Waals surface area contributed by atoms with Gasteiger partial charge in [0.1, 0.15) is 0 Å². The van der Waals surface area contributed by atoms with Crippen molar-refractivity contribution in [3.8, 4) is 0 Å². The molecule has 2 rings (SSSR count). The van der Waals surface area contributed by atoms with Gasteiger partial charge in [0.05, 0.1) is 10.7 Å². The Hall–Kier alpha value is -1.49. The van der Waals surface area contributed by atoms with Gasteiger partial charge in [-0.15, -0.1) is 0 Å². The second-order valence-electron chi connectivity index (χ2n) is 4.12. The van der Waals surface area contributed by atoms with Gasteiger partial charge in [0.2, 0.25) is 0 Å². The van der Waals surface area contributed by atoms with Crippen LogP contribution in [0.15, 0.2) is 58.5 Å². The van der Waals surface area contributed by atoms with Gasteiger partial charge < -0.3 is 0 Å². The van der Waals surface area contributed by atoms with Crippen LogP contribution in [-0.4, -0.2) is 10.8 Å². The zero-order valence-electron chi connectivity index (χ0n) is 11.1. The second-order valence-corrected chi connectivity index (χ2v) is 6.03. The molecule has 0 bridgehead atoms. The minimum absolute atomic E-state index is 0.130. The van der Waals surface area contributed by atoms with Gasteiger partial charge in [-0.1, -0.05) is 47.1 Å². The number of anilines is 1. The van der Waals surface area contributed by atoms with E-state index in [1.54, 1.807) is 24.3 Å². The minimum Gasteiger partial charge on any atom is -0.292 e. The Balaban J connectivity index is 2.15. The number of halogens is 2. The van der Waals surface area contributed by atoms with Gasteiger partial charge in [0, 0.05) is 16.8 Å². The molecule has 3 nitrogen and oxygen atoms in total. The van der Waals surface area contributed by atoms with Crippen LogP contribution in [0.3, 0.4) is 0 Å². The Morgan fingerprint density at radius 2 is 1.76 bits per heavy atom. The number of carbonyl (C=O) groups is 1. The SMILES string of the molecule is CC(=O)/C(=N\Nc1ccccc1Cl)Sc1ccc(Cl)cc1. The normalized spacial score (nSPS) is 11.3. The van der Waals surface area contributed by atoms with Crippen LogP contribution in [0.2, 0.25) is 10.0 Å². The summed E-state index contributed by atoms with van der Waals surface area (Å²) in [5.74, 6) is -0.130. The van der Waals surface area contributed by atoms with Gasteiger partial charge in [-0.25, -0.2) is 0 Å². The van der Waals surface area contributed by atoms with E-state index in [4.69, 9.17) is 23.2 Å². The highest BCUT2D eigenvalue weighted by Crippen LogP contribution is 2.24. The van der Waals surface area contributed by atoms with E-state index >= 15 is 0 Å². The molecule has 0 aliphatic heterocycles. The van der Waals surface area contributed by atoms with Crippen LogP contribution >= 0.6 is 35.0 Å². The third kappa shape index (κ3) is 4.77. The first kappa shape index (κ1) is 15.9. The third-order valence-electron chi connectivity index (χ3n) is 2.48. The van der Waals surface area contributed by atoms with Crippen LogP contribution in [0, 0.1) is 0 Å². The fraction of sp³-hybridized carbons (Fsp3) is 0.0667. The first-order valence-electron chi connectivity index (χ1n) is 6.09. The number of thioether (sulfide) groups is 1. The van der Waals surface area contributed by atoms with Crippen molar-refractivity contribution >= 4 is 51.5 Å². The van der Waals surface area contributed by atoms with E-state index in [-0.39, 0.29) is 5.78 Å². The molecule has 0 heterocycles. The molecule has 0 fully saturated rings. The quantitative estimate of drug-likeness (QED) is 0.365. The van der Waals surface area contributed by atoms with Crippen LogP contribution in [-0.2, 0) is 4.79 Å². The number of Topliss-reactive ketones (excluding diaryl/α,β-unsaturated/α-hetero) is 1. The fourth-order valence-corrected chi connectivity index (χ4v) is 2.48. The van der Waals surface area contributed by atoms with Crippen LogP contribution in [0.5, 0.6) is 0 Å². The molecule has 0 aliphatic rings. The van der Waals surface area contributed by atoms with Crippen molar-refractivity contribution in [2.75, 3.05) is 5.43 Å². The predicted molar refractivity (Wildman–Crippen MR) is 90.5 cm³/mol. The number of hydrazone groups is 1. The van der Waals surface area contributed by atoms with Crippen molar-refractivity contribution in [3.63, 3.8) is 0 Å². The zero-order valence-corrected chi connectivity index (χ0v) is 13.5. The van der Waals surface area contributed by atoms with E-state index in [2.05, 4.69) is 10.5 Å². The summed E-state index contributed by atoms with van der Waals surface area (Å²) < 4.78 is 0.